The minimum absolute atomic E-state index is 0.0262. The van der Waals surface area contributed by atoms with Crippen molar-refractivity contribution < 1.29 is 9.90 Å². The van der Waals surface area contributed by atoms with Gasteiger partial charge < -0.3 is 10.4 Å². The molecule has 0 aromatic carbocycles. The van der Waals surface area contributed by atoms with E-state index in [1.807, 2.05) is 13.8 Å². The van der Waals surface area contributed by atoms with Gasteiger partial charge >= 0.3 is 0 Å². The van der Waals surface area contributed by atoms with Crippen LogP contribution in [0.4, 0.5) is 0 Å². The quantitative estimate of drug-likeness (QED) is 0.609. The van der Waals surface area contributed by atoms with E-state index < -0.39 is 0 Å². The molecule has 1 atom stereocenters. The SMILES string of the molecule is CCCCCCC(=O)NC(CO)C(C)C. The van der Waals surface area contributed by atoms with Crippen LogP contribution in [0.3, 0.4) is 0 Å². The molecule has 0 rings (SSSR count). The first-order valence-corrected chi connectivity index (χ1v) is 6.02. The Kier molecular flexibility index (Phi) is 8.38. The van der Waals surface area contributed by atoms with Gasteiger partial charge in [0.05, 0.1) is 12.6 Å². The minimum Gasteiger partial charge on any atom is -0.394 e. The number of amides is 1. The summed E-state index contributed by atoms with van der Waals surface area (Å²) < 4.78 is 0. The molecule has 0 aliphatic heterocycles. The normalized spacial score (nSPS) is 12.9. The first-order valence-electron chi connectivity index (χ1n) is 6.02. The first-order chi connectivity index (χ1) is 7.11. The zero-order chi connectivity index (χ0) is 11.7. The molecule has 0 saturated carbocycles. The molecule has 0 aromatic rings. The Morgan fingerprint density at radius 1 is 1.27 bits per heavy atom. The number of carbonyl (C=O) groups excluding carboxylic acids is 1. The van der Waals surface area contributed by atoms with E-state index in [4.69, 9.17) is 5.11 Å². The maximum Gasteiger partial charge on any atom is 0.220 e. The van der Waals surface area contributed by atoms with Gasteiger partial charge in [0.2, 0.25) is 5.91 Å². The highest BCUT2D eigenvalue weighted by Crippen LogP contribution is 2.04. The van der Waals surface area contributed by atoms with Crippen molar-refractivity contribution in [1.29, 1.82) is 0 Å². The average Bonchev–Trinajstić information content (AvgIpc) is 2.20. The number of hydrogen-bond acceptors (Lipinski definition) is 2. The van der Waals surface area contributed by atoms with E-state index in [0.29, 0.717) is 6.42 Å². The number of unbranched alkanes of at least 4 members (excludes halogenated alkanes) is 3. The lowest BCUT2D eigenvalue weighted by Gasteiger charge is -2.19. The van der Waals surface area contributed by atoms with Crippen LogP contribution in [0.25, 0.3) is 0 Å². The number of aliphatic hydroxyl groups is 1. The van der Waals surface area contributed by atoms with Gasteiger partial charge in [-0.2, -0.15) is 0 Å². The first kappa shape index (κ1) is 14.4. The number of carbonyl (C=O) groups is 1. The van der Waals surface area contributed by atoms with Crippen molar-refractivity contribution >= 4 is 5.91 Å². The van der Waals surface area contributed by atoms with Crippen LogP contribution in [-0.4, -0.2) is 23.7 Å². The van der Waals surface area contributed by atoms with Gasteiger partial charge in [-0.3, -0.25) is 4.79 Å². The number of rotatable bonds is 8. The Balaban J connectivity index is 3.62. The summed E-state index contributed by atoms with van der Waals surface area (Å²) in [6.07, 6.45) is 5.04. The average molecular weight is 215 g/mol. The van der Waals surface area contributed by atoms with Crippen LogP contribution in [0.2, 0.25) is 0 Å². The van der Waals surface area contributed by atoms with Crippen molar-refractivity contribution in [3.05, 3.63) is 0 Å². The summed E-state index contributed by atoms with van der Waals surface area (Å²) in [5.74, 6) is 0.355. The summed E-state index contributed by atoms with van der Waals surface area (Å²) in [6.45, 7) is 6.18. The molecule has 0 aliphatic carbocycles. The summed E-state index contributed by atoms with van der Waals surface area (Å²) in [4.78, 5) is 11.5. The van der Waals surface area contributed by atoms with Crippen LogP contribution in [0.5, 0.6) is 0 Å². The molecule has 1 amide bonds. The summed E-state index contributed by atoms with van der Waals surface area (Å²) in [6, 6.07) is -0.0938. The Bertz CT molecular complexity index is 169. The van der Waals surface area contributed by atoms with Crippen LogP contribution in [-0.2, 0) is 4.79 Å². The lowest BCUT2D eigenvalue weighted by Crippen LogP contribution is -2.41. The van der Waals surface area contributed by atoms with Crippen molar-refractivity contribution in [2.45, 2.75) is 58.9 Å². The van der Waals surface area contributed by atoms with Crippen molar-refractivity contribution in [2.75, 3.05) is 6.61 Å². The van der Waals surface area contributed by atoms with E-state index in [-0.39, 0.29) is 24.5 Å². The molecule has 0 bridgehead atoms. The number of nitrogens with one attached hydrogen (secondary N) is 1. The molecule has 15 heavy (non-hydrogen) atoms. The summed E-state index contributed by atoms with van der Waals surface area (Å²) >= 11 is 0. The molecule has 0 heterocycles. The lowest BCUT2D eigenvalue weighted by atomic mass is 10.0. The van der Waals surface area contributed by atoms with Crippen molar-refractivity contribution in [3.8, 4) is 0 Å². The molecule has 0 saturated heterocycles. The van der Waals surface area contributed by atoms with Crippen LogP contribution in [0.15, 0.2) is 0 Å². The van der Waals surface area contributed by atoms with Gasteiger partial charge in [0, 0.05) is 6.42 Å². The largest absolute Gasteiger partial charge is 0.394 e. The van der Waals surface area contributed by atoms with Gasteiger partial charge in [0.25, 0.3) is 0 Å². The molecule has 1 unspecified atom stereocenters. The van der Waals surface area contributed by atoms with E-state index in [0.717, 1.165) is 12.8 Å². The Morgan fingerprint density at radius 3 is 2.40 bits per heavy atom. The highest BCUT2D eigenvalue weighted by Gasteiger charge is 2.14. The third kappa shape index (κ3) is 7.37. The lowest BCUT2D eigenvalue weighted by molar-refractivity contribution is -0.122. The fraction of sp³-hybridized carbons (Fsp3) is 0.917. The van der Waals surface area contributed by atoms with Crippen molar-refractivity contribution in [3.63, 3.8) is 0 Å². The summed E-state index contributed by atoms with van der Waals surface area (Å²) in [5, 5.41) is 11.9. The zero-order valence-corrected chi connectivity index (χ0v) is 10.3. The fourth-order valence-corrected chi connectivity index (χ4v) is 1.41. The third-order valence-electron chi connectivity index (χ3n) is 2.61. The molecular formula is C12H25NO2. The maximum atomic E-state index is 11.5. The second-order valence-electron chi connectivity index (χ2n) is 4.41. The predicted octanol–water partition coefficient (Wildman–Crippen LogP) is 2.09. The Morgan fingerprint density at radius 2 is 1.93 bits per heavy atom. The van der Waals surface area contributed by atoms with Crippen LogP contribution in [0.1, 0.15) is 52.9 Å². The maximum absolute atomic E-state index is 11.5. The fourth-order valence-electron chi connectivity index (χ4n) is 1.41. The molecule has 3 nitrogen and oxygen atoms in total. The van der Waals surface area contributed by atoms with Gasteiger partial charge in [-0.15, -0.1) is 0 Å². The van der Waals surface area contributed by atoms with Crippen molar-refractivity contribution in [1.82, 2.24) is 5.32 Å². The van der Waals surface area contributed by atoms with Crippen molar-refractivity contribution in [2.24, 2.45) is 5.92 Å². The van der Waals surface area contributed by atoms with E-state index in [1.165, 1.54) is 12.8 Å². The Hall–Kier alpha value is -0.570. The summed E-state index contributed by atoms with van der Waals surface area (Å²) in [5.41, 5.74) is 0. The minimum atomic E-state index is -0.0938. The second-order valence-corrected chi connectivity index (χ2v) is 4.41. The topological polar surface area (TPSA) is 49.3 Å². The molecule has 3 heteroatoms. The van der Waals surface area contributed by atoms with E-state index in [2.05, 4.69) is 12.2 Å². The molecule has 0 radical (unpaired) electrons. The van der Waals surface area contributed by atoms with E-state index in [9.17, 15) is 4.79 Å². The molecule has 0 spiro atoms. The van der Waals surface area contributed by atoms with Gasteiger partial charge in [-0.1, -0.05) is 40.0 Å². The van der Waals surface area contributed by atoms with Gasteiger partial charge in [-0.05, 0) is 12.3 Å². The standard InChI is InChI=1S/C12H25NO2/c1-4-5-6-7-8-12(15)13-11(9-14)10(2)3/h10-11,14H,4-9H2,1-3H3,(H,13,15). The zero-order valence-electron chi connectivity index (χ0n) is 10.3. The molecule has 0 aromatic heterocycles. The third-order valence-corrected chi connectivity index (χ3v) is 2.61. The highest BCUT2D eigenvalue weighted by molar-refractivity contribution is 5.76. The van der Waals surface area contributed by atoms with E-state index >= 15 is 0 Å². The van der Waals surface area contributed by atoms with Gasteiger partial charge in [-0.25, -0.2) is 0 Å². The molecule has 0 aliphatic rings. The molecule has 0 fully saturated rings. The van der Waals surface area contributed by atoms with Gasteiger partial charge in [0.15, 0.2) is 0 Å². The molecule has 2 N–H and O–H groups in total. The van der Waals surface area contributed by atoms with Crippen LogP contribution < -0.4 is 5.32 Å². The van der Waals surface area contributed by atoms with Crippen LogP contribution >= 0.6 is 0 Å². The second kappa shape index (κ2) is 8.72. The molecular weight excluding hydrogens is 190 g/mol. The predicted molar refractivity (Wildman–Crippen MR) is 62.6 cm³/mol. The molecule has 90 valence electrons. The Labute approximate surface area is 93.3 Å². The number of hydrogen-bond donors (Lipinski definition) is 2. The van der Waals surface area contributed by atoms with Crippen LogP contribution in [0, 0.1) is 5.92 Å². The highest BCUT2D eigenvalue weighted by atomic mass is 16.3. The van der Waals surface area contributed by atoms with Gasteiger partial charge in [0.1, 0.15) is 0 Å². The number of aliphatic hydroxyl groups excluding tert-OH is 1. The smallest absolute Gasteiger partial charge is 0.220 e. The van der Waals surface area contributed by atoms with E-state index in [1.54, 1.807) is 0 Å². The summed E-state index contributed by atoms with van der Waals surface area (Å²) in [7, 11) is 0. The monoisotopic (exact) mass is 215 g/mol.